The average molecular weight is 296 g/mol. The molecular formula is C18H32O3. The predicted octanol–water partition coefficient (Wildman–Crippen LogP) is 5.95. The summed E-state index contributed by atoms with van der Waals surface area (Å²) >= 11 is 0. The van der Waals surface area contributed by atoms with Gasteiger partial charge >= 0.3 is 6.16 Å². The van der Waals surface area contributed by atoms with E-state index >= 15 is 0 Å². The van der Waals surface area contributed by atoms with Crippen LogP contribution in [0.15, 0.2) is 12.7 Å². The number of unbranched alkanes of at least 4 members (excludes halogenated alkanes) is 1. The molecule has 2 rings (SSSR count). The fourth-order valence-corrected chi connectivity index (χ4v) is 4.10. The van der Waals surface area contributed by atoms with Crippen LogP contribution >= 0.6 is 0 Å². The first-order valence-electron chi connectivity index (χ1n) is 8.66. The molecule has 0 amide bonds. The summed E-state index contributed by atoms with van der Waals surface area (Å²) < 4.78 is 0. The van der Waals surface area contributed by atoms with Gasteiger partial charge in [-0.2, -0.15) is 0 Å². The third-order valence-corrected chi connectivity index (χ3v) is 5.23. The van der Waals surface area contributed by atoms with Gasteiger partial charge in [-0.25, -0.2) is 4.79 Å². The molecule has 2 N–H and O–H groups in total. The van der Waals surface area contributed by atoms with Gasteiger partial charge in [0.2, 0.25) is 0 Å². The smallest absolute Gasteiger partial charge is 0.450 e. The van der Waals surface area contributed by atoms with Crippen LogP contribution in [-0.4, -0.2) is 16.4 Å². The van der Waals surface area contributed by atoms with Crippen molar-refractivity contribution in [3.05, 3.63) is 12.7 Å². The van der Waals surface area contributed by atoms with Crippen LogP contribution < -0.4 is 0 Å². The molecule has 0 atom stereocenters. The Balaban J connectivity index is 0.000000491. The molecule has 0 aliphatic heterocycles. The minimum absolute atomic E-state index is 1.05. The first kappa shape index (κ1) is 18.1. The Morgan fingerprint density at radius 2 is 1.48 bits per heavy atom. The van der Waals surface area contributed by atoms with Crippen LogP contribution in [0.2, 0.25) is 0 Å². The third-order valence-electron chi connectivity index (χ3n) is 5.23. The summed E-state index contributed by atoms with van der Waals surface area (Å²) in [6.45, 7) is 3.82. The fourth-order valence-electron chi connectivity index (χ4n) is 4.10. The van der Waals surface area contributed by atoms with Gasteiger partial charge in [-0.15, -0.1) is 6.58 Å². The van der Waals surface area contributed by atoms with Crippen molar-refractivity contribution in [2.24, 2.45) is 17.8 Å². The first-order valence-corrected chi connectivity index (χ1v) is 8.66. The van der Waals surface area contributed by atoms with E-state index in [4.69, 9.17) is 15.0 Å². The van der Waals surface area contributed by atoms with Crippen LogP contribution in [0.1, 0.15) is 77.0 Å². The van der Waals surface area contributed by atoms with Gasteiger partial charge in [0, 0.05) is 0 Å². The molecule has 0 aromatic heterocycles. The van der Waals surface area contributed by atoms with E-state index in [0.29, 0.717) is 0 Å². The van der Waals surface area contributed by atoms with E-state index in [1.165, 1.54) is 51.4 Å². The standard InChI is InChI=1S/C17H30.CH2O3/c1-2-3-5-8-15-11-13-17(14-12-15)16-9-6-4-7-10-16;2-1(3)4/h2,15-17H,1,3-14H2;(H2,2,3,4). The lowest BCUT2D eigenvalue weighted by Crippen LogP contribution is -2.23. The molecule has 0 aromatic carbocycles. The lowest BCUT2D eigenvalue weighted by Gasteiger charge is -2.35. The second kappa shape index (κ2) is 10.7. The summed E-state index contributed by atoms with van der Waals surface area (Å²) in [5.74, 6) is 3.26. The topological polar surface area (TPSA) is 57.5 Å². The maximum absolute atomic E-state index is 8.56. The van der Waals surface area contributed by atoms with Crippen LogP contribution in [0.5, 0.6) is 0 Å². The molecule has 21 heavy (non-hydrogen) atoms. The molecule has 2 fully saturated rings. The number of rotatable bonds is 5. The van der Waals surface area contributed by atoms with E-state index in [2.05, 4.69) is 12.7 Å². The summed E-state index contributed by atoms with van der Waals surface area (Å²) in [6.07, 6.45) is 18.1. The van der Waals surface area contributed by atoms with Crippen LogP contribution in [0.3, 0.4) is 0 Å². The highest BCUT2D eigenvalue weighted by molar-refractivity contribution is 5.53. The summed E-state index contributed by atoms with van der Waals surface area (Å²) in [4.78, 5) is 8.56. The quantitative estimate of drug-likeness (QED) is 0.486. The number of allylic oxidation sites excluding steroid dienone is 1. The maximum Gasteiger partial charge on any atom is 0.503 e. The lowest BCUT2D eigenvalue weighted by molar-refractivity contribution is 0.137. The van der Waals surface area contributed by atoms with Gasteiger partial charge in [0.05, 0.1) is 0 Å². The van der Waals surface area contributed by atoms with Crippen molar-refractivity contribution in [3.8, 4) is 0 Å². The Bertz CT molecular complexity index is 283. The van der Waals surface area contributed by atoms with E-state index < -0.39 is 6.16 Å². The zero-order valence-electron chi connectivity index (χ0n) is 13.3. The Kier molecular flexibility index (Phi) is 9.20. The number of carbonyl (C=O) groups is 1. The summed E-state index contributed by atoms with van der Waals surface area (Å²) in [5.41, 5.74) is 0. The van der Waals surface area contributed by atoms with Crippen molar-refractivity contribution < 1.29 is 15.0 Å². The van der Waals surface area contributed by atoms with Crippen LogP contribution in [0, 0.1) is 17.8 Å². The van der Waals surface area contributed by atoms with Gasteiger partial charge in [0.15, 0.2) is 0 Å². The molecule has 0 radical (unpaired) electrons. The minimum atomic E-state index is -1.83. The van der Waals surface area contributed by atoms with Gasteiger partial charge in [0.25, 0.3) is 0 Å². The molecule has 0 heterocycles. The largest absolute Gasteiger partial charge is 0.503 e. The van der Waals surface area contributed by atoms with Crippen LogP contribution in [0.4, 0.5) is 4.79 Å². The zero-order valence-corrected chi connectivity index (χ0v) is 13.3. The van der Waals surface area contributed by atoms with Crippen LogP contribution in [-0.2, 0) is 0 Å². The van der Waals surface area contributed by atoms with E-state index in [1.54, 1.807) is 25.7 Å². The Labute approximate surface area is 129 Å². The summed E-state index contributed by atoms with van der Waals surface area (Å²) in [6, 6.07) is 0. The highest BCUT2D eigenvalue weighted by Gasteiger charge is 2.27. The van der Waals surface area contributed by atoms with Crippen LogP contribution in [0.25, 0.3) is 0 Å². The second-order valence-electron chi connectivity index (χ2n) is 6.68. The molecule has 0 unspecified atom stereocenters. The monoisotopic (exact) mass is 296 g/mol. The Hall–Kier alpha value is -0.990. The van der Waals surface area contributed by atoms with Crippen molar-refractivity contribution in [1.82, 2.24) is 0 Å². The van der Waals surface area contributed by atoms with Crippen molar-refractivity contribution in [2.75, 3.05) is 0 Å². The van der Waals surface area contributed by atoms with Crippen molar-refractivity contribution in [2.45, 2.75) is 77.0 Å². The first-order chi connectivity index (χ1) is 10.1. The lowest BCUT2D eigenvalue weighted by atomic mass is 9.70. The van der Waals surface area contributed by atoms with E-state index in [9.17, 15) is 0 Å². The van der Waals surface area contributed by atoms with E-state index in [0.717, 1.165) is 17.8 Å². The van der Waals surface area contributed by atoms with Gasteiger partial charge in [0.1, 0.15) is 0 Å². The highest BCUT2D eigenvalue weighted by atomic mass is 16.6. The minimum Gasteiger partial charge on any atom is -0.450 e. The van der Waals surface area contributed by atoms with Crippen molar-refractivity contribution >= 4 is 6.16 Å². The molecule has 0 saturated heterocycles. The van der Waals surface area contributed by atoms with Gasteiger partial charge in [-0.3, -0.25) is 0 Å². The Morgan fingerprint density at radius 1 is 0.952 bits per heavy atom. The van der Waals surface area contributed by atoms with Gasteiger partial charge in [-0.1, -0.05) is 57.4 Å². The number of hydrogen-bond donors (Lipinski definition) is 2. The van der Waals surface area contributed by atoms with Crippen molar-refractivity contribution in [1.29, 1.82) is 0 Å². The van der Waals surface area contributed by atoms with Gasteiger partial charge < -0.3 is 10.2 Å². The molecule has 3 nitrogen and oxygen atoms in total. The average Bonchev–Trinajstić information content (AvgIpc) is 2.49. The zero-order chi connectivity index (χ0) is 15.5. The van der Waals surface area contributed by atoms with Crippen molar-refractivity contribution in [3.63, 3.8) is 0 Å². The number of hydrogen-bond acceptors (Lipinski definition) is 1. The van der Waals surface area contributed by atoms with E-state index in [1.807, 2.05) is 0 Å². The molecular weight excluding hydrogens is 264 g/mol. The molecule has 0 bridgehead atoms. The molecule has 3 heteroatoms. The number of carboxylic acid groups (broad SMARTS) is 2. The Morgan fingerprint density at radius 3 is 2.00 bits per heavy atom. The molecule has 0 aromatic rings. The summed E-state index contributed by atoms with van der Waals surface area (Å²) in [7, 11) is 0. The summed E-state index contributed by atoms with van der Waals surface area (Å²) in [5, 5.41) is 13.9. The second-order valence-corrected chi connectivity index (χ2v) is 6.68. The predicted molar refractivity (Wildman–Crippen MR) is 86.7 cm³/mol. The molecule has 0 spiro atoms. The molecule has 2 aliphatic rings. The molecule has 122 valence electrons. The SMILES string of the molecule is C=CCCCC1CCC(C2CCCCC2)CC1.O=C(O)O. The highest BCUT2D eigenvalue weighted by Crippen LogP contribution is 2.40. The molecule has 2 aliphatic carbocycles. The van der Waals surface area contributed by atoms with E-state index in [-0.39, 0.29) is 0 Å². The third kappa shape index (κ3) is 8.13. The fraction of sp³-hybridized carbons (Fsp3) is 0.833. The maximum atomic E-state index is 8.56. The normalized spacial score (nSPS) is 26.5. The van der Waals surface area contributed by atoms with Gasteiger partial charge in [-0.05, 0) is 43.4 Å². The molecule has 2 saturated carbocycles.